The lowest BCUT2D eigenvalue weighted by atomic mass is 9.95. The summed E-state index contributed by atoms with van der Waals surface area (Å²) in [6, 6.07) is 10.7. The average molecular weight is 565 g/mol. The third-order valence-corrected chi connectivity index (χ3v) is 6.28. The molecule has 0 aliphatic rings. The Bertz CT molecular complexity index is 1260. The van der Waals surface area contributed by atoms with Gasteiger partial charge in [0.05, 0.1) is 7.11 Å². The number of carbonyl (C=O) groups excluding carboxylic acids is 4. The maximum Gasteiger partial charge on any atom is 0.408 e. The Morgan fingerprint density at radius 2 is 1.71 bits per heavy atom. The molecule has 3 atom stereocenters. The van der Waals surface area contributed by atoms with Crippen LogP contribution in [0.15, 0.2) is 48.5 Å². The maximum atomic E-state index is 14.3. The van der Waals surface area contributed by atoms with Crippen LogP contribution in [0.25, 0.3) is 0 Å². The van der Waals surface area contributed by atoms with Gasteiger partial charge in [-0.25, -0.2) is 4.79 Å². The minimum absolute atomic E-state index is 0.0933. The van der Waals surface area contributed by atoms with Crippen LogP contribution < -0.4 is 21.1 Å². The van der Waals surface area contributed by atoms with Crippen LogP contribution in [0.5, 0.6) is 5.75 Å². The van der Waals surface area contributed by atoms with E-state index in [0.717, 1.165) is 0 Å². The number of hydrogen-bond acceptors (Lipinski definition) is 6. The van der Waals surface area contributed by atoms with E-state index in [1.165, 1.54) is 12.0 Å². The highest BCUT2D eigenvalue weighted by molar-refractivity contribution is 5.99. The van der Waals surface area contributed by atoms with Crippen molar-refractivity contribution in [1.82, 2.24) is 10.2 Å². The topological polar surface area (TPSA) is 140 Å². The number of carbonyl (C=O) groups is 4. The second-order valence-corrected chi connectivity index (χ2v) is 10.6. The van der Waals surface area contributed by atoms with E-state index in [9.17, 15) is 19.2 Å². The SMILES string of the molecule is C#Cc1ccccc1C(C(=O)Nc1ccc(OC)cc1)N(C(=O)C(CCC(N)=O)NC(=O)OC(C)(C)C)C(C)CC. The quantitative estimate of drug-likeness (QED) is 0.331. The summed E-state index contributed by atoms with van der Waals surface area (Å²) in [4.78, 5) is 54.0. The van der Waals surface area contributed by atoms with Gasteiger partial charge < -0.3 is 30.7 Å². The van der Waals surface area contributed by atoms with Crippen LogP contribution in [0.1, 0.15) is 71.0 Å². The van der Waals surface area contributed by atoms with E-state index in [0.29, 0.717) is 29.0 Å². The first kappa shape index (κ1) is 32.7. The molecule has 0 aliphatic carbocycles. The number of rotatable bonds is 12. The molecule has 10 nitrogen and oxygen atoms in total. The van der Waals surface area contributed by atoms with Crippen LogP contribution in [0, 0.1) is 12.3 Å². The molecule has 4 N–H and O–H groups in total. The molecular formula is C31H40N4O6. The van der Waals surface area contributed by atoms with Gasteiger partial charge in [-0.05, 0) is 76.4 Å². The minimum atomic E-state index is -1.21. The molecule has 2 aromatic rings. The highest BCUT2D eigenvalue weighted by Gasteiger charge is 2.39. The predicted octanol–water partition coefficient (Wildman–Crippen LogP) is 4.14. The lowest BCUT2D eigenvalue weighted by Crippen LogP contribution is -2.55. The van der Waals surface area contributed by atoms with Gasteiger partial charge in [-0.3, -0.25) is 14.4 Å². The first-order chi connectivity index (χ1) is 19.3. The van der Waals surface area contributed by atoms with E-state index < -0.39 is 47.5 Å². The standard InChI is InChI=1S/C31H40N4O6/c1-8-20(3)35(29(38)25(18-19-26(32)36)34-30(39)41-31(4,5)6)27(24-13-11-10-12-21(24)9-2)28(37)33-22-14-16-23(40-7)17-15-22/h2,10-17,20,25,27H,8,18-19H2,1,3-7H3,(H2,32,36)(H,33,37)(H,34,39). The molecule has 3 unspecified atom stereocenters. The van der Waals surface area contributed by atoms with E-state index >= 15 is 0 Å². The van der Waals surface area contributed by atoms with Crippen molar-refractivity contribution >= 4 is 29.5 Å². The number of primary amides is 1. The summed E-state index contributed by atoms with van der Waals surface area (Å²) in [6.45, 7) is 8.73. The second kappa shape index (κ2) is 14.7. The van der Waals surface area contributed by atoms with Gasteiger partial charge in [-0.2, -0.15) is 0 Å². The Morgan fingerprint density at radius 1 is 1.07 bits per heavy atom. The monoisotopic (exact) mass is 564 g/mol. The van der Waals surface area contributed by atoms with Crippen LogP contribution in [0.3, 0.4) is 0 Å². The van der Waals surface area contributed by atoms with Gasteiger partial charge >= 0.3 is 6.09 Å². The summed E-state index contributed by atoms with van der Waals surface area (Å²) in [5, 5.41) is 5.45. The molecule has 220 valence electrons. The summed E-state index contributed by atoms with van der Waals surface area (Å²) in [6.07, 6.45) is 5.17. The van der Waals surface area contributed by atoms with Crippen molar-refractivity contribution in [3.8, 4) is 18.1 Å². The zero-order chi connectivity index (χ0) is 30.7. The van der Waals surface area contributed by atoms with Gasteiger partial charge in [0.1, 0.15) is 23.4 Å². The first-order valence-electron chi connectivity index (χ1n) is 13.4. The number of terminal acetylenes is 1. The Hall–Kier alpha value is -4.52. The zero-order valence-corrected chi connectivity index (χ0v) is 24.5. The normalized spacial score (nSPS) is 13.1. The fourth-order valence-corrected chi connectivity index (χ4v) is 4.14. The Kier molecular flexibility index (Phi) is 11.8. The largest absolute Gasteiger partial charge is 0.497 e. The van der Waals surface area contributed by atoms with Crippen molar-refractivity contribution < 1.29 is 28.7 Å². The van der Waals surface area contributed by atoms with Crippen molar-refractivity contribution in [1.29, 1.82) is 0 Å². The third kappa shape index (κ3) is 9.57. The fraction of sp³-hybridized carbons (Fsp3) is 0.419. The maximum absolute atomic E-state index is 14.3. The number of benzene rings is 2. The van der Waals surface area contributed by atoms with Crippen LogP contribution in [0.4, 0.5) is 10.5 Å². The first-order valence-corrected chi connectivity index (χ1v) is 13.4. The van der Waals surface area contributed by atoms with E-state index in [4.69, 9.17) is 21.6 Å². The molecule has 4 amide bonds. The van der Waals surface area contributed by atoms with Crippen molar-refractivity contribution in [2.45, 2.75) is 77.6 Å². The number of nitrogens with one attached hydrogen (secondary N) is 2. The molecule has 0 bridgehead atoms. The molecule has 41 heavy (non-hydrogen) atoms. The molecule has 0 heterocycles. The second-order valence-electron chi connectivity index (χ2n) is 10.6. The number of methoxy groups -OCH3 is 1. The molecule has 0 saturated heterocycles. The van der Waals surface area contributed by atoms with Gasteiger partial charge in [0, 0.05) is 23.7 Å². The highest BCUT2D eigenvalue weighted by Crippen LogP contribution is 2.30. The molecule has 0 aromatic heterocycles. The van der Waals surface area contributed by atoms with Crippen molar-refractivity contribution in [2.24, 2.45) is 5.73 Å². The number of hydrogen-bond donors (Lipinski definition) is 3. The smallest absolute Gasteiger partial charge is 0.408 e. The van der Waals surface area contributed by atoms with E-state index in [-0.39, 0.29) is 12.8 Å². The molecule has 0 saturated carbocycles. The summed E-state index contributed by atoms with van der Waals surface area (Å²) in [5.74, 6) is 1.46. The minimum Gasteiger partial charge on any atom is -0.497 e. The number of amides is 4. The van der Waals surface area contributed by atoms with Gasteiger partial charge in [0.2, 0.25) is 11.8 Å². The van der Waals surface area contributed by atoms with Crippen LogP contribution >= 0.6 is 0 Å². The Labute approximate surface area is 241 Å². The number of nitrogens with two attached hydrogens (primary N) is 1. The van der Waals surface area contributed by atoms with Gasteiger partial charge in [0.15, 0.2) is 0 Å². The predicted molar refractivity (Wildman–Crippen MR) is 157 cm³/mol. The molecule has 0 fully saturated rings. The van der Waals surface area contributed by atoms with Crippen molar-refractivity contribution in [3.63, 3.8) is 0 Å². The molecule has 2 rings (SSSR count). The molecule has 0 radical (unpaired) electrons. The van der Waals surface area contributed by atoms with E-state index in [1.807, 2.05) is 6.92 Å². The van der Waals surface area contributed by atoms with Crippen LogP contribution in [-0.4, -0.2) is 53.5 Å². The summed E-state index contributed by atoms with van der Waals surface area (Å²) in [5.41, 5.74) is 5.89. The number of ether oxygens (including phenoxy) is 2. The molecule has 10 heteroatoms. The summed E-state index contributed by atoms with van der Waals surface area (Å²) < 4.78 is 10.6. The third-order valence-electron chi connectivity index (χ3n) is 6.28. The van der Waals surface area contributed by atoms with E-state index in [1.54, 1.807) is 76.2 Å². The number of alkyl carbamates (subject to hydrolysis) is 1. The highest BCUT2D eigenvalue weighted by atomic mass is 16.6. The van der Waals surface area contributed by atoms with Crippen LogP contribution in [0.2, 0.25) is 0 Å². The van der Waals surface area contributed by atoms with Crippen molar-refractivity contribution in [2.75, 3.05) is 12.4 Å². The Balaban J connectivity index is 2.62. The number of anilines is 1. The summed E-state index contributed by atoms with van der Waals surface area (Å²) in [7, 11) is 1.54. The fourth-order valence-electron chi connectivity index (χ4n) is 4.14. The van der Waals surface area contributed by atoms with Crippen LogP contribution in [-0.2, 0) is 19.1 Å². The zero-order valence-electron chi connectivity index (χ0n) is 24.5. The van der Waals surface area contributed by atoms with Gasteiger partial charge in [-0.1, -0.05) is 31.0 Å². The Morgan fingerprint density at radius 3 is 2.24 bits per heavy atom. The molecule has 0 aliphatic heterocycles. The van der Waals surface area contributed by atoms with Gasteiger partial charge in [-0.15, -0.1) is 6.42 Å². The molecule has 2 aromatic carbocycles. The molecule has 0 spiro atoms. The number of nitrogens with zero attached hydrogens (tertiary/aromatic N) is 1. The molecular weight excluding hydrogens is 524 g/mol. The lowest BCUT2D eigenvalue weighted by molar-refractivity contribution is -0.143. The van der Waals surface area contributed by atoms with Gasteiger partial charge in [0.25, 0.3) is 5.91 Å². The lowest BCUT2D eigenvalue weighted by Gasteiger charge is -2.38. The summed E-state index contributed by atoms with van der Waals surface area (Å²) >= 11 is 0. The van der Waals surface area contributed by atoms with Crippen molar-refractivity contribution in [3.05, 3.63) is 59.7 Å². The average Bonchev–Trinajstić information content (AvgIpc) is 2.92. The van der Waals surface area contributed by atoms with E-state index in [2.05, 4.69) is 16.6 Å².